The maximum Gasteiger partial charge on any atom is 0.416 e. The number of rotatable bonds is 4. The van der Waals surface area contributed by atoms with Gasteiger partial charge < -0.3 is 5.32 Å². The van der Waals surface area contributed by atoms with Gasteiger partial charge in [-0.05, 0) is 42.5 Å². The summed E-state index contributed by atoms with van der Waals surface area (Å²) in [5.41, 5.74) is -0.776. The molecule has 0 bridgehead atoms. The van der Waals surface area contributed by atoms with Crippen molar-refractivity contribution in [3.8, 4) is 0 Å². The number of anilines is 1. The molecule has 1 amide bonds. The Bertz CT molecular complexity index is 844. The van der Waals surface area contributed by atoms with E-state index in [1.54, 1.807) is 0 Å². The Morgan fingerprint density at radius 1 is 1.08 bits per heavy atom. The van der Waals surface area contributed by atoms with Gasteiger partial charge in [0.25, 0.3) is 5.91 Å². The third-order valence-electron chi connectivity index (χ3n) is 3.30. The number of halogens is 3. The van der Waals surface area contributed by atoms with Crippen LogP contribution in [-0.4, -0.2) is 20.1 Å². The number of benzene rings is 2. The van der Waals surface area contributed by atoms with Gasteiger partial charge in [-0.15, -0.1) is 0 Å². The molecule has 0 spiro atoms. The third-order valence-corrected chi connectivity index (χ3v) is 5.05. The Labute approximate surface area is 137 Å². The molecule has 2 aromatic carbocycles. The second-order valence-corrected chi connectivity index (χ2v) is 7.24. The van der Waals surface area contributed by atoms with E-state index in [0.29, 0.717) is 0 Å². The zero-order valence-electron chi connectivity index (χ0n) is 12.6. The van der Waals surface area contributed by atoms with Crippen LogP contribution in [0.3, 0.4) is 0 Å². The molecule has 0 radical (unpaired) electrons. The minimum Gasteiger partial charge on any atom is -0.322 e. The van der Waals surface area contributed by atoms with Crippen LogP contribution in [0.15, 0.2) is 53.4 Å². The molecule has 0 unspecified atom stereocenters. The topological polar surface area (TPSA) is 63.2 Å². The lowest BCUT2D eigenvalue weighted by molar-refractivity contribution is -0.137. The molecule has 0 heterocycles. The van der Waals surface area contributed by atoms with Crippen molar-refractivity contribution in [3.05, 3.63) is 59.7 Å². The molecule has 4 nitrogen and oxygen atoms in total. The van der Waals surface area contributed by atoms with Gasteiger partial charge in [-0.25, -0.2) is 8.42 Å². The van der Waals surface area contributed by atoms with Gasteiger partial charge in [0, 0.05) is 11.3 Å². The molecule has 0 fully saturated rings. The van der Waals surface area contributed by atoms with Gasteiger partial charge in [0.2, 0.25) is 0 Å². The molecule has 0 saturated carbocycles. The van der Waals surface area contributed by atoms with Gasteiger partial charge in [-0.1, -0.05) is 13.0 Å². The number of hydrogen-bond acceptors (Lipinski definition) is 3. The number of carbonyl (C=O) groups excluding carboxylic acids is 1. The molecule has 0 saturated heterocycles. The molecular formula is C16H14F3NO3S. The fraction of sp³-hybridized carbons (Fsp3) is 0.188. The monoisotopic (exact) mass is 357 g/mol. The molecule has 128 valence electrons. The molecular weight excluding hydrogens is 343 g/mol. The summed E-state index contributed by atoms with van der Waals surface area (Å²) in [4.78, 5) is 12.1. The SMILES string of the molecule is CCS(=O)(=O)c1ccc(NC(=O)c2cccc(C(F)(F)F)c2)cc1. The lowest BCUT2D eigenvalue weighted by Gasteiger charge is -2.10. The van der Waals surface area contributed by atoms with Crippen LogP contribution in [0.2, 0.25) is 0 Å². The highest BCUT2D eigenvalue weighted by Gasteiger charge is 2.30. The first kappa shape index (κ1) is 18.0. The molecule has 0 aliphatic rings. The number of carbonyl (C=O) groups is 1. The summed E-state index contributed by atoms with van der Waals surface area (Å²) in [5, 5.41) is 2.43. The van der Waals surface area contributed by atoms with Crippen molar-refractivity contribution >= 4 is 21.4 Å². The van der Waals surface area contributed by atoms with E-state index < -0.39 is 27.5 Å². The number of amides is 1. The predicted molar refractivity (Wildman–Crippen MR) is 83.6 cm³/mol. The van der Waals surface area contributed by atoms with Crippen molar-refractivity contribution in [1.29, 1.82) is 0 Å². The quantitative estimate of drug-likeness (QED) is 0.906. The van der Waals surface area contributed by atoms with E-state index in [0.717, 1.165) is 18.2 Å². The first-order valence-electron chi connectivity index (χ1n) is 6.95. The number of alkyl halides is 3. The lowest BCUT2D eigenvalue weighted by Crippen LogP contribution is -2.14. The molecule has 0 atom stereocenters. The number of nitrogens with one attached hydrogen (secondary N) is 1. The molecule has 0 aromatic heterocycles. The fourth-order valence-electron chi connectivity index (χ4n) is 1.95. The molecule has 0 aliphatic carbocycles. The summed E-state index contributed by atoms with van der Waals surface area (Å²) >= 11 is 0. The smallest absolute Gasteiger partial charge is 0.322 e. The summed E-state index contributed by atoms with van der Waals surface area (Å²) in [5.74, 6) is -0.768. The van der Waals surface area contributed by atoms with Gasteiger partial charge >= 0.3 is 6.18 Å². The molecule has 8 heteroatoms. The summed E-state index contributed by atoms with van der Waals surface area (Å²) in [6, 6.07) is 9.48. The summed E-state index contributed by atoms with van der Waals surface area (Å²) in [6.07, 6.45) is -4.54. The zero-order valence-corrected chi connectivity index (χ0v) is 13.4. The highest BCUT2D eigenvalue weighted by molar-refractivity contribution is 7.91. The van der Waals surface area contributed by atoms with Gasteiger partial charge in [-0.3, -0.25) is 4.79 Å². The van der Waals surface area contributed by atoms with Gasteiger partial charge in [0.1, 0.15) is 0 Å². The second kappa shape index (κ2) is 6.64. The molecule has 2 aromatic rings. The average Bonchev–Trinajstić information content (AvgIpc) is 2.54. The summed E-state index contributed by atoms with van der Waals surface area (Å²) in [6.45, 7) is 1.51. The van der Waals surface area contributed by atoms with Crippen LogP contribution in [0, 0.1) is 0 Å². The Balaban J connectivity index is 2.19. The second-order valence-electron chi connectivity index (χ2n) is 4.96. The van der Waals surface area contributed by atoms with Crippen molar-refractivity contribution in [2.75, 3.05) is 11.1 Å². The van der Waals surface area contributed by atoms with Gasteiger partial charge in [0.15, 0.2) is 9.84 Å². The molecule has 1 N–H and O–H groups in total. The first-order chi connectivity index (χ1) is 11.1. The average molecular weight is 357 g/mol. The standard InChI is InChI=1S/C16H14F3NO3S/c1-2-24(22,23)14-8-6-13(7-9-14)20-15(21)11-4-3-5-12(10-11)16(17,18)19/h3-10H,2H2,1H3,(H,20,21). The Morgan fingerprint density at radius 3 is 2.25 bits per heavy atom. The molecule has 24 heavy (non-hydrogen) atoms. The van der Waals surface area contributed by atoms with E-state index in [1.165, 1.54) is 37.3 Å². The van der Waals surface area contributed by atoms with Crippen LogP contribution in [-0.2, 0) is 16.0 Å². The van der Waals surface area contributed by atoms with Crippen LogP contribution in [0.5, 0.6) is 0 Å². The summed E-state index contributed by atoms with van der Waals surface area (Å²) in [7, 11) is -3.36. The van der Waals surface area contributed by atoms with E-state index in [4.69, 9.17) is 0 Å². The van der Waals surface area contributed by atoms with Crippen molar-refractivity contribution in [2.45, 2.75) is 18.0 Å². The van der Waals surface area contributed by atoms with E-state index in [9.17, 15) is 26.4 Å². The van der Waals surface area contributed by atoms with Crippen LogP contribution in [0.1, 0.15) is 22.8 Å². The minimum absolute atomic E-state index is 0.0526. The first-order valence-corrected chi connectivity index (χ1v) is 8.60. The maximum atomic E-state index is 12.7. The Hall–Kier alpha value is -2.35. The van der Waals surface area contributed by atoms with E-state index in [-0.39, 0.29) is 21.9 Å². The highest BCUT2D eigenvalue weighted by Crippen LogP contribution is 2.29. The van der Waals surface area contributed by atoms with Crippen LogP contribution in [0.25, 0.3) is 0 Å². The van der Waals surface area contributed by atoms with Crippen molar-refractivity contribution in [1.82, 2.24) is 0 Å². The van der Waals surface area contributed by atoms with E-state index in [2.05, 4.69) is 5.32 Å². The molecule has 2 rings (SSSR count). The maximum absolute atomic E-state index is 12.7. The highest BCUT2D eigenvalue weighted by atomic mass is 32.2. The van der Waals surface area contributed by atoms with E-state index >= 15 is 0 Å². The molecule has 0 aliphatic heterocycles. The van der Waals surface area contributed by atoms with Crippen molar-refractivity contribution in [3.63, 3.8) is 0 Å². The summed E-state index contributed by atoms with van der Waals surface area (Å²) < 4.78 is 61.4. The Kier molecular flexibility index (Phi) is 4.98. The van der Waals surface area contributed by atoms with Crippen LogP contribution < -0.4 is 5.32 Å². The minimum atomic E-state index is -4.54. The largest absolute Gasteiger partial charge is 0.416 e. The van der Waals surface area contributed by atoms with Crippen molar-refractivity contribution < 1.29 is 26.4 Å². The van der Waals surface area contributed by atoms with Crippen LogP contribution in [0.4, 0.5) is 18.9 Å². The van der Waals surface area contributed by atoms with Gasteiger partial charge in [0.05, 0.1) is 16.2 Å². The zero-order chi connectivity index (χ0) is 18.0. The third kappa shape index (κ3) is 4.14. The predicted octanol–water partition coefficient (Wildman–Crippen LogP) is 3.75. The van der Waals surface area contributed by atoms with Crippen molar-refractivity contribution in [2.24, 2.45) is 0 Å². The van der Waals surface area contributed by atoms with Crippen LogP contribution >= 0.6 is 0 Å². The van der Waals surface area contributed by atoms with E-state index in [1.807, 2.05) is 0 Å². The normalized spacial score (nSPS) is 12.0. The Morgan fingerprint density at radius 2 is 1.71 bits per heavy atom. The number of hydrogen-bond donors (Lipinski definition) is 1. The lowest BCUT2D eigenvalue weighted by atomic mass is 10.1. The van der Waals surface area contributed by atoms with Gasteiger partial charge in [-0.2, -0.15) is 13.2 Å². The fourth-order valence-corrected chi connectivity index (χ4v) is 2.84. The number of sulfone groups is 1.